The van der Waals surface area contributed by atoms with E-state index in [-0.39, 0.29) is 75.0 Å². The Balaban J connectivity index is 1.38. The van der Waals surface area contributed by atoms with E-state index in [1.54, 1.807) is 36.4 Å². The minimum Gasteiger partial charge on any atom is -0.379 e. The fraction of sp³-hybridized carbons (Fsp3) is 0.412. The third-order valence-corrected chi connectivity index (χ3v) is 11.9. The zero-order valence-corrected chi connectivity index (χ0v) is 29.2. The van der Waals surface area contributed by atoms with E-state index >= 15 is 0 Å². The Morgan fingerprint density at radius 2 is 0.960 bits per heavy atom. The molecule has 2 fully saturated rings. The number of carbonyl (C=O) groups excluding carboxylic acids is 2. The molecule has 2 saturated heterocycles. The van der Waals surface area contributed by atoms with E-state index in [2.05, 4.69) is 0 Å². The molecule has 0 radical (unpaired) electrons. The largest absolute Gasteiger partial charge is 0.379 e. The molecule has 0 atom stereocenters. The highest BCUT2D eigenvalue weighted by atomic mass is 32.2. The number of morpholine rings is 2. The van der Waals surface area contributed by atoms with E-state index in [1.165, 1.54) is 54.8 Å². The van der Waals surface area contributed by atoms with E-state index in [9.17, 15) is 26.4 Å². The average molecular weight is 725 g/mol. The second-order valence-electron chi connectivity index (χ2n) is 11.3. The van der Waals surface area contributed by atoms with Crippen LogP contribution in [0.3, 0.4) is 0 Å². The van der Waals surface area contributed by atoms with Crippen LogP contribution in [-0.2, 0) is 39.1 Å². The van der Waals surface area contributed by atoms with Gasteiger partial charge in [0.2, 0.25) is 31.9 Å². The van der Waals surface area contributed by atoms with Crippen LogP contribution in [-0.4, -0.2) is 126 Å². The first-order valence-corrected chi connectivity index (χ1v) is 19.0. The maximum absolute atomic E-state index is 13.2. The highest BCUT2D eigenvalue weighted by molar-refractivity contribution is 7.89. The maximum Gasteiger partial charge on any atom is 0.246 e. The Hall–Kier alpha value is -4.42. The van der Waals surface area contributed by atoms with Crippen LogP contribution in [0.25, 0.3) is 12.2 Å². The summed E-state index contributed by atoms with van der Waals surface area (Å²) in [6.45, 7) is 2.92. The predicted molar refractivity (Wildman–Crippen MR) is 184 cm³/mol. The van der Waals surface area contributed by atoms with Crippen molar-refractivity contribution in [3.63, 3.8) is 0 Å². The van der Waals surface area contributed by atoms with E-state index in [4.69, 9.17) is 20.0 Å². The lowest BCUT2D eigenvalue weighted by Gasteiger charge is -2.26. The van der Waals surface area contributed by atoms with E-state index in [0.717, 1.165) is 0 Å². The fourth-order valence-corrected chi connectivity index (χ4v) is 8.01. The number of benzene rings is 2. The van der Waals surface area contributed by atoms with Crippen LogP contribution in [0, 0.1) is 22.7 Å². The lowest BCUT2D eigenvalue weighted by Crippen LogP contribution is -2.41. The minimum atomic E-state index is -3.66. The van der Waals surface area contributed by atoms with Crippen LogP contribution in [0.2, 0.25) is 0 Å². The molecule has 2 heterocycles. The number of rotatable bonds is 15. The first kappa shape index (κ1) is 38.4. The van der Waals surface area contributed by atoms with Crippen LogP contribution in [0.4, 0.5) is 0 Å². The average Bonchev–Trinajstić information content (AvgIpc) is 3.15. The van der Waals surface area contributed by atoms with Gasteiger partial charge in [0.1, 0.15) is 0 Å². The van der Waals surface area contributed by atoms with E-state index in [0.29, 0.717) is 37.6 Å². The van der Waals surface area contributed by atoms with Crippen LogP contribution < -0.4 is 0 Å². The molecular weight excluding hydrogens is 685 g/mol. The molecule has 0 aliphatic carbocycles. The number of ether oxygens (including phenoxy) is 2. The van der Waals surface area contributed by atoms with Gasteiger partial charge < -0.3 is 19.3 Å². The Morgan fingerprint density at radius 3 is 1.28 bits per heavy atom. The van der Waals surface area contributed by atoms with Crippen LogP contribution in [0.1, 0.15) is 24.0 Å². The zero-order chi connectivity index (χ0) is 36.0. The van der Waals surface area contributed by atoms with Crippen molar-refractivity contribution in [3.05, 3.63) is 71.8 Å². The highest BCUT2D eigenvalue weighted by Crippen LogP contribution is 2.20. The van der Waals surface area contributed by atoms with Crippen molar-refractivity contribution in [2.75, 3.05) is 78.8 Å². The first-order chi connectivity index (χ1) is 24.1. The Bertz CT molecular complexity index is 1690. The Labute approximate surface area is 293 Å². The Morgan fingerprint density at radius 1 is 0.620 bits per heavy atom. The number of nitriles is 2. The zero-order valence-electron chi connectivity index (χ0n) is 27.6. The summed E-state index contributed by atoms with van der Waals surface area (Å²) < 4.78 is 64.8. The molecule has 2 aromatic rings. The molecule has 16 heteroatoms. The number of carbonyl (C=O) groups is 2. The molecule has 0 aromatic heterocycles. The molecule has 0 spiro atoms. The standard InChI is InChI=1S/C34H40N6O8S2/c35-15-1-17-37(33(41)13-7-29-3-9-31(10-4-29)49(43,44)39-21-25-47-26-22-39)19-20-38(18-2-16-36)34(42)14-8-30-5-11-32(12-6-30)50(45,46)40-23-27-48-28-24-40/h3-14H,1-2,17-28H2. The summed E-state index contributed by atoms with van der Waals surface area (Å²) in [5, 5.41) is 18.3. The summed E-state index contributed by atoms with van der Waals surface area (Å²) in [7, 11) is -7.31. The molecule has 50 heavy (non-hydrogen) atoms. The maximum atomic E-state index is 13.2. The quantitative estimate of drug-likeness (QED) is 0.246. The summed E-state index contributed by atoms with van der Waals surface area (Å²) >= 11 is 0. The molecule has 0 saturated carbocycles. The van der Waals surface area contributed by atoms with Crippen molar-refractivity contribution >= 4 is 44.0 Å². The van der Waals surface area contributed by atoms with Gasteiger partial charge in [0.25, 0.3) is 0 Å². The molecule has 2 aromatic carbocycles. The summed E-state index contributed by atoms with van der Waals surface area (Å²) in [5.41, 5.74) is 1.20. The van der Waals surface area contributed by atoms with E-state index < -0.39 is 31.9 Å². The minimum absolute atomic E-state index is 0.0664. The van der Waals surface area contributed by atoms with Crippen molar-refractivity contribution in [3.8, 4) is 12.1 Å². The summed E-state index contributed by atoms with van der Waals surface area (Å²) in [6, 6.07) is 16.4. The number of hydrogen-bond acceptors (Lipinski definition) is 10. The van der Waals surface area contributed by atoms with Crippen molar-refractivity contribution in [2.45, 2.75) is 22.6 Å². The van der Waals surface area contributed by atoms with E-state index in [1.807, 2.05) is 12.1 Å². The number of hydrogen-bond donors (Lipinski definition) is 0. The van der Waals surface area contributed by atoms with Crippen molar-refractivity contribution in [1.82, 2.24) is 18.4 Å². The van der Waals surface area contributed by atoms with Crippen molar-refractivity contribution in [2.24, 2.45) is 0 Å². The van der Waals surface area contributed by atoms with Gasteiger partial charge in [-0.15, -0.1) is 0 Å². The number of nitrogens with zero attached hydrogens (tertiary/aromatic N) is 6. The van der Waals surface area contributed by atoms with Gasteiger partial charge in [-0.1, -0.05) is 24.3 Å². The number of amides is 2. The predicted octanol–water partition coefficient (Wildman–Crippen LogP) is 1.94. The van der Waals surface area contributed by atoms with Gasteiger partial charge in [0.15, 0.2) is 0 Å². The molecule has 2 aliphatic rings. The lowest BCUT2D eigenvalue weighted by molar-refractivity contribution is -0.129. The lowest BCUT2D eigenvalue weighted by atomic mass is 10.2. The smallest absolute Gasteiger partial charge is 0.246 e. The molecular formula is C34H40N6O8S2. The summed E-state index contributed by atoms with van der Waals surface area (Å²) in [5.74, 6) is -0.804. The van der Waals surface area contributed by atoms with Gasteiger partial charge in [-0.2, -0.15) is 19.1 Å². The summed E-state index contributed by atoms with van der Waals surface area (Å²) in [6.07, 6.45) is 5.88. The van der Waals surface area contributed by atoms with Crippen LogP contribution in [0.15, 0.2) is 70.5 Å². The second-order valence-corrected chi connectivity index (χ2v) is 15.2. The molecule has 2 aliphatic heterocycles. The van der Waals surface area contributed by atoms with Gasteiger partial charge in [-0.05, 0) is 47.5 Å². The van der Waals surface area contributed by atoms with Crippen molar-refractivity contribution < 1.29 is 35.9 Å². The topological polar surface area (TPSA) is 181 Å². The van der Waals surface area contributed by atoms with Gasteiger partial charge >= 0.3 is 0 Å². The van der Waals surface area contributed by atoms with Gasteiger partial charge in [-0.3, -0.25) is 9.59 Å². The highest BCUT2D eigenvalue weighted by Gasteiger charge is 2.27. The van der Waals surface area contributed by atoms with Crippen molar-refractivity contribution in [1.29, 1.82) is 10.5 Å². The SMILES string of the molecule is N#CCCN(CCN(CCC#N)C(=O)C=Cc1ccc(S(=O)(=O)N2CCOCC2)cc1)C(=O)C=Cc1ccc(S(=O)(=O)N2CCOCC2)cc1. The Kier molecular flexibility index (Phi) is 14.2. The molecule has 0 unspecified atom stereocenters. The first-order valence-electron chi connectivity index (χ1n) is 16.1. The molecule has 0 N–H and O–H groups in total. The number of sulfonamides is 2. The normalized spacial score (nSPS) is 16.2. The molecule has 4 rings (SSSR count). The van der Waals surface area contributed by atoms with Gasteiger partial charge in [-0.25, -0.2) is 16.8 Å². The third kappa shape index (κ3) is 10.5. The molecule has 266 valence electrons. The molecule has 2 amide bonds. The van der Waals surface area contributed by atoms with Gasteiger partial charge in [0.05, 0.1) is 61.2 Å². The van der Waals surface area contributed by atoms with Gasteiger partial charge in [0, 0.05) is 64.5 Å². The van der Waals surface area contributed by atoms with Crippen LogP contribution in [0.5, 0.6) is 0 Å². The molecule has 14 nitrogen and oxygen atoms in total. The molecule has 0 bridgehead atoms. The third-order valence-electron chi connectivity index (χ3n) is 8.06. The summed E-state index contributed by atoms with van der Waals surface area (Å²) in [4.78, 5) is 29.5. The monoisotopic (exact) mass is 724 g/mol. The second kappa shape index (κ2) is 18.5. The fourth-order valence-electron chi connectivity index (χ4n) is 5.20. The van der Waals surface area contributed by atoms with Crippen LogP contribution >= 0.6 is 0 Å².